The van der Waals surface area contributed by atoms with E-state index >= 15 is 0 Å². The zero-order valence-electron chi connectivity index (χ0n) is 13.7. The van der Waals surface area contributed by atoms with Crippen LogP contribution in [0.1, 0.15) is 38.2 Å². The van der Waals surface area contributed by atoms with Crippen LogP contribution in [0.5, 0.6) is 5.75 Å². The van der Waals surface area contributed by atoms with E-state index < -0.39 is 6.04 Å². The fraction of sp³-hybridized carbons (Fsp3) is 0.444. The third-order valence-corrected chi connectivity index (χ3v) is 4.00. The predicted octanol–water partition coefficient (Wildman–Crippen LogP) is 2.27. The van der Waals surface area contributed by atoms with E-state index in [1.165, 1.54) is 6.08 Å². The lowest BCUT2D eigenvalue weighted by Gasteiger charge is -2.17. The van der Waals surface area contributed by atoms with E-state index in [-0.39, 0.29) is 17.9 Å². The number of hydrogen-bond acceptors (Lipinski definition) is 3. The summed E-state index contributed by atoms with van der Waals surface area (Å²) in [6, 6.07) is 7.10. The molecule has 1 aliphatic rings. The molecule has 0 radical (unpaired) electrons. The quantitative estimate of drug-likeness (QED) is 0.791. The lowest BCUT2D eigenvalue weighted by atomic mass is 10.2. The minimum absolute atomic E-state index is 0.122. The first kappa shape index (κ1) is 17.1. The van der Waals surface area contributed by atoms with Gasteiger partial charge in [-0.15, -0.1) is 0 Å². The smallest absolute Gasteiger partial charge is 0.244 e. The van der Waals surface area contributed by atoms with Crippen LogP contribution in [0.15, 0.2) is 30.3 Å². The number of carbonyl (C=O) groups excluding carboxylic acids is 2. The Hall–Kier alpha value is -2.30. The molecule has 0 spiro atoms. The first-order valence-corrected chi connectivity index (χ1v) is 8.01. The maximum atomic E-state index is 12.0. The molecule has 124 valence electrons. The normalized spacial score (nSPS) is 16.3. The average molecular weight is 316 g/mol. The van der Waals surface area contributed by atoms with E-state index in [1.807, 2.05) is 24.3 Å². The van der Waals surface area contributed by atoms with Crippen LogP contribution in [-0.2, 0) is 9.59 Å². The fourth-order valence-electron chi connectivity index (χ4n) is 2.61. The summed E-state index contributed by atoms with van der Waals surface area (Å²) in [5.74, 6) is 0.363. The van der Waals surface area contributed by atoms with Gasteiger partial charge < -0.3 is 15.4 Å². The van der Waals surface area contributed by atoms with E-state index in [0.717, 1.165) is 37.0 Å². The monoisotopic (exact) mass is 316 g/mol. The van der Waals surface area contributed by atoms with Crippen LogP contribution < -0.4 is 15.4 Å². The molecule has 2 amide bonds. The number of benzene rings is 1. The lowest BCUT2D eigenvalue weighted by Crippen LogP contribution is -2.47. The molecule has 1 unspecified atom stereocenters. The van der Waals surface area contributed by atoms with Crippen molar-refractivity contribution in [2.24, 2.45) is 0 Å². The number of hydrogen-bond donors (Lipinski definition) is 2. The molecule has 1 saturated carbocycles. The van der Waals surface area contributed by atoms with E-state index in [2.05, 4.69) is 10.6 Å². The first-order valence-electron chi connectivity index (χ1n) is 8.01. The second-order valence-electron chi connectivity index (χ2n) is 5.83. The van der Waals surface area contributed by atoms with Crippen molar-refractivity contribution in [2.45, 2.75) is 44.7 Å². The molecule has 5 nitrogen and oxygen atoms in total. The second kappa shape index (κ2) is 8.36. The van der Waals surface area contributed by atoms with Crippen LogP contribution in [0.3, 0.4) is 0 Å². The molecule has 1 aromatic carbocycles. The van der Waals surface area contributed by atoms with E-state index in [4.69, 9.17) is 4.74 Å². The van der Waals surface area contributed by atoms with Crippen molar-refractivity contribution >= 4 is 17.9 Å². The molecule has 1 fully saturated rings. The van der Waals surface area contributed by atoms with Gasteiger partial charge in [0.2, 0.25) is 11.8 Å². The highest BCUT2D eigenvalue weighted by Gasteiger charge is 2.21. The summed E-state index contributed by atoms with van der Waals surface area (Å²) in [5.41, 5.74) is 0.893. The van der Waals surface area contributed by atoms with Gasteiger partial charge in [0.25, 0.3) is 0 Å². The molecule has 0 heterocycles. The molecular formula is C18H24N2O3. The average Bonchev–Trinajstić information content (AvgIpc) is 3.06. The second-order valence-corrected chi connectivity index (χ2v) is 5.83. The molecule has 0 aromatic heterocycles. The van der Waals surface area contributed by atoms with Gasteiger partial charge in [-0.2, -0.15) is 0 Å². The number of nitrogens with one attached hydrogen (secondary N) is 2. The van der Waals surface area contributed by atoms with E-state index in [9.17, 15) is 9.59 Å². The molecule has 2 N–H and O–H groups in total. The summed E-state index contributed by atoms with van der Waals surface area (Å²) in [5, 5.41) is 5.66. The highest BCUT2D eigenvalue weighted by Crippen LogP contribution is 2.17. The molecule has 1 aliphatic carbocycles. The Morgan fingerprint density at radius 3 is 2.48 bits per heavy atom. The fourth-order valence-corrected chi connectivity index (χ4v) is 2.61. The molecule has 2 rings (SSSR count). The van der Waals surface area contributed by atoms with Crippen molar-refractivity contribution in [1.29, 1.82) is 0 Å². The summed E-state index contributed by atoms with van der Waals surface area (Å²) >= 11 is 0. The Balaban J connectivity index is 1.80. The first-order chi connectivity index (χ1) is 11.1. The van der Waals surface area contributed by atoms with Gasteiger partial charge in [0.15, 0.2) is 0 Å². The standard InChI is InChI=1S/C18H24N2O3/c1-13(18(22)20-15-5-3-4-6-15)19-17(21)12-9-14-7-10-16(23-2)11-8-14/h7-13,15H,3-6H2,1-2H3,(H,19,21)(H,20,22)/b12-9+. The zero-order valence-corrected chi connectivity index (χ0v) is 13.7. The molecule has 1 atom stereocenters. The van der Waals surface area contributed by atoms with Crippen molar-refractivity contribution in [3.63, 3.8) is 0 Å². The number of methoxy groups -OCH3 is 1. The Labute approximate surface area is 137 Å². The minimum atomic E-state index is -0.538. The van der Waals surface area contributed by atoms with Gasteiger partial charge in [0.05, 0.1) is 7.11 Å². The maximum absolute atomic E-state index is 12.0. The van der Waals surface area contributed by atoms with Crippen LogP contribution in [0.2, 0.25) is 0 Å². The van der Waals surface area contributed by atoms with E-state index in [0.29, 0.717) is 0 Å². The van der Waals surface area contributed by atoms with Crippen molar-refractivity contribution < 1.29 is 14.3 Å². The van der Waals surface area contributed by atoms with Crippen LogP contribution in [0, 0.1) is 0 Å². The molecule has 23 heavy (non-hydrogen) atoms. The van der Waals surface area contributed by atoms with E-state index in [1.54, 1.807) is 20.1 Å². The largest absolute Gasteiger partial charge is 0.497 e. The minimum Gasteiger partial charge on any atom is -0.497 e. The van der Waals surface area contributed by atoms with Gasteiger partial charge in [-0.25, -0.2) is 0 Å². The van der Waals surface area contributed by atoms with Crippen LogP contribution in [0.25, 0.3) is 6.08 Å². The topological polar surface area (TPSA) is 67.4 Å². The number of rotatable bonds is 6. The van der Waals surface area contributed by atoms with Gasteiger partial charge >= 0.3 is 0 Å². The third-order valence-electron chi connectivity index (χ3n) is 4.00. The highest BCUT2D eigenvalue weighted by atomic mass is 16.5. The molecular weight excluding hydrogens is 292 g/mol. The third kappa shape index (κ3) is 5.43. The number of ether oxygens (including phenoxy) is 1. The molecule has 5 heteroatoms. The SMILES string of the molecule is COc1ccc(/C=C/C(=O)NC(C)C(=O)NC2CCCC2)cc1. The Morgan fingerprint density at radius 1 is 1.22 bits per heavy atom. The predicted molar refractivity (Wildman–Crippen MR) is 90.0 cm³/mol. The summed E-state index contributed by atoms with van der Waals surface area (Å²) in [6.07, 6.45) is 7.53. The van der Waals surface area contributed by atoms with Gasteiger partial charge in [-0.3, -0.25) is 9.59 Å². The molecule has 1 aromatic rings. The maximum Gasteiger partial charge on any atom is 0.244 e. The Kier molecular flexibility index (Phi) is 6.20. The van der Waals surface area contributed by atoms with Crippen molar-refractivity contribution in [3.05, 3.63) is 35.9 Å². The summed E-state index contributed by atoms with van der Waals surface area (Å²) in [7, 11) is 1.61. The summed E-state index contributed by atoms with van der Waals surface area (Å²) in [6.45, 7) is 1.70. The van der Waals surface area contributed by atoms with Crippen LogP contribution in [-0.4, -0.2) is 31.0 Å². The lowest BCUT2D eigenvalue weighted by molar-refractivity contribution is -0.127. The summed E-state index contributed by atoms with van der Waals surface area (Å²) in [4.78, 5) is 23.9. The van der Waals surface area contributed by atoms with Gasteiger partial charge in [-0.1, -0.05) is 25.0 Å². The van der Waals surface area contributed by atoms with Crippen LogP contribution in [0.4, 0.5) is 0 Å². The van der Waals surface area contributed by atoms with Gasteiger partial charge in [-0.05, 0) is 43.5 Å². The molecule has 0 bridgehead atoms. The van der Waals surface area contributed by atoms with Gasteiger partial charge in [0.1, 0.15) is 11.8 Å². The van der Waals surface area contributed by atoms with Crippen molar-refractivity contribution in [2.75, 3.05) is 7.11 Å². The zero-order chi connectivity index (χ0) is 16.7. The summed E-state index contributed by atoms with van der Waals surface area (Å²) < 4.78 is 5.08. The van der Waals surface area contributed by atoms with Gasteiger partial charge in [0, 0.05) is 12.1 Å². The number of amides is 2. The molecule has 0 aliphatic heterocycles. The highest BCUT2D eigenvalue weighted by molar-refractivity contribution is 5.95. The Bertz CT molecular complexity index is 560. The number of carbonyl (C=O) groups is 2. The molecule has 0 saturated heterocycles. The Morgan fingerprint density at radius 2 is 1.87 bits per heavy atom. The van der Waals surface area contributed by atoms with Crippen LogP contribution >= 0.6 is 0 Å². The van der Waals surface area contributed by atoms with Crippen molar-refractivity contribution in [3.8, 4) is 5.75 Å². The van der Waals surface area contributed by atoms with Crippen molar-refractivity contribution in [1.82, 2.24) is 10.6 Å².